The molecule has 2 fully saturated rings. The number of aliphatic hydroxyl groups excluding tert-OH is 1. The van der Waals surface area contributed by atoms with Gasteiger partial charge < -0.3 is 24.8 Å². The lowest BCUT2D eigenvalue weighted by atomic mass is 9.90. The number of benzene rings is 2. The lowest BCUT2D eigenvalue weighted by molar-refractivity contribution is -0.140. The van der Waals surface area contributed by atoms with Crippen LogP contribution in [0, 0.1) is 0 Å². The molecular formula is C29H36N2O5. The minimum Gasteiger partial charge on any atom is -0.493 e. The molecule has 2 N–H and O–H groups in total. The zero-order valence-corrected chi connectivity index (χ0v) is 20.9. The summed E-state index contributed by atoms with van der Waals surface area (Å²) in [7, 11) is 0. The van der Waals surface area contributed by atoms with Crippen molar-refractivity contribution >= 4 is 11.7 Å². The van der Waals surface area contributed by atoms with E-state index < -0.39 is 6.10 Å². The summed E-state index contributed by atoms with van der Waals surface area (Å²) in [5, 5.41) is 14.2. The number of morpholine rings is 1. The standard InChI is InChI=1S/C29H36N2O5/c1-2-36-28-13-19(14-29(34)31-22-8-9-23(31)18-35-17-22)7-10-24(28)26(32)11-12-27(33)25-15-20-5-3-4-6-21(20)16-30-25/h3-7,10,13,22-23,25,27,30,33H,2,8-9,11-12,14-18H2,1H3/t22?,23?,25-,27+/m0/s1. The fraction of sp³-hybridized carbons (Fsp3) is 0.517. The minimum atomic E-state index is -0.612. The lowest BCUT2D eigenvalue weighted by Crippen LogP contribution is -2.49. The van der Waals surface area contributed by atoms with Crippen LogP contribution in [0.15, 0.2) is 42.5 Å². The van der Waals surface area contributed by atoms with Crippen molar-refractivity contribution in [2.75, 3.05) is 19.8 Å². The van der Waals surface area contributed by atoms with Gasteiger partial charge in [-0.1, -0.05) is 30.3 Å². The maximum atomic E-state index is 13.1. The molecule has 2 aromatic carbocycles. The van der Waals surface area contributed by atoms with Crippen molar-refractivity contribution < 1.29 is 24.2 Å². The number of nitrogens with zero attached hydrogens (tertiary/aromatic N) is 1. The Hall–Kier alpha value is -2.74. The van der Waals surface area contributed by atoms with Crippen molar-refractivity contribution in [3.63, 3.8) is 0 Å². The van der Waals surface area contributed by atoms with Crippen LogP contribution in [0.1, 0.15) is 59.7 Å². The molecule has 4 atom stereocenters. The van der Waals surface area contributed by atoms with Crippen LogP contribution >= 0.6 is 0 Å². The van der Waals surface area contributed by atoms with Crippen molar-refractivity contribution in [2.45, 2.75) is 76.2 Å². The Morgan fingerprint density at radius 2 is 1.89 bits per heavy atom. The molecule has 5 rings (SSSR count). The van der Waals surface area contributed by atoms with Gasteiger partial charge in [0.1, 0.15) is 5.75 Å². The van der Waals surface area contributed by atoms with E-state index >= 15 is 0 Å². The van der Waals surface area contributed by atoms with E-state index in [0.717, 1.165) is 31.4 Å². The molecular weight excluding hydrogens is 456 g/mol. The summed E-state index contributed by atoms with van der Waals surface area (Å²) in [6, 6.07) is 14.0. The molecule has 0 radical (unpaired) electrons. The second kappa shape index (κ2) is 11.1. The molecule has 0 spiro atoms. The Morgan fingerprint density at radius 1 is 1.14 bits per heavy atom. The van der Waals surface area contributed by atoms with Crippen LogP contribution in [-0.2, 0) is 28.9 Å². The van der Waals surface area contributed by atoms with Crippen LogP contribution in [-0.4, -0.2) is 65.7 Å². The number of fused-ring (bicyclic) bond motifs is 3. The van der Waals surface area contributed by atoms with E-state index in [1.54, 1.807) is 6.07 Å². The molecule has 192 valence electrons. The number of ether oxygens (including phenoxy) is 2. The van der Waals surface area contributed by atoms with Crippen LogP contribution in [0.25, 0.3) is 0 Å². The summed E-state index contributed by atoms with van der Waals surface area (Å²) in [6.07, 6.45) is 3.05. The largest absolute Gasteiger partial charge is 0.493 e. The highest BCUT2D eigenvalue weighted by Gasteiger charge is 2.40. The third kappa shape index (κ3) is 5.33. The van der Waals surface area contributed by atoms with E-state index in [0.29, 0.717) is 37.6 Å². The Labute approximate surface area is 212 Å². The van der Waals surface area contributed by atoms with E-state index in [1.807, 2.05) is 36.1 Å². The molecule has 36 heavy (non-hydrogen) atoms. The van der Waals surface area contributed by atoms with Crippen molar-refractivity contribution in [1.29, 1.82) is 0 Å². The fourth-order valence-corrected chi connectivity index (χ4v) is 5.85. The van der Waals surface area contributed by atoms with Crippen molar-refractivity contribution in [3.05, 3.63) is 64.7 Å². The van der Waals surface area contributed by atoms with Gasteiger partial charge in [0.25, 0.3) is 0 Å². The third-order valence-electron chi connectivity index (χ3n) is 7.77. The van der Waals surface area contributed by atoms with Gasteiger partial charge in [0.2, 0.25) is 5.91 Å². The first-order valence-electron chi connectivity index (χ1n) is 13.2. The molecule has 3 aliphatic heterocycles. The van der Waals surface area contributed by atoms with Crippen LogP contribution in [0.2, 0.25) is 0 Å². The minimum absolute atomic E-state index is 0.0576. The normalized spacial score (nSPS) is 23.7. The zero-order chi connectivity index (χ0) is 25.1. The van der Waals surface area contributed by atoms with Gasteiger partial charge in [0, 0.05) is 19.0 Å². The van der Waals surface area contributed by atoms with Gasteiger partial charge in [-0.2, -0.15) is 0 Å². The molecule has 1 amide bonds. The molecule has 2 unspecified atom stereocenters. The van der Waals surface area contributed by atoms with Gasteiger partial charge in [0.05, 0.1) is 50.0 Å². The predicted octanol–water partition coefficient (Wildman–Crippen LogP) is 3.06. The van der Waals surface area contributed by atoms with E-state index in [-0.39, 0.29) is 42.7 Å². The van der Waals surface area contributed by atoms with Gasteiger partial charge in [-0.15, -0.1) is 0 Å². The predicted molar refractivity (Wildman–Crippen MR) is 136 cm³/mol. The first kappa shape index (κ1) is 24.9. The Morgan fingerprint density at radius 3 is 2.64 bits per heavy atom. The molecule has 3 aliphatic rings. The summed E-state index contributed by atoms with van der Waals surface area (Å²) in [5.41, 5.74) is 3.86. The molecule has 0 aliphatic carbocycles. The highest BCUT2D eigenvalue weighted by molar-refractivity contribution is 5.99. The summed E-state index contributed by atoms with van der Waals surface area (Å²) >= 11 is 0. The van der Waals surface area contributed by atoms with Crippen LogP contribution in [0.5, 0.6) is 5.75 Å². The molecule has 7 heteroatoms. The maximum absolute atomic E-state index is 13.1. The van der Waals surface area contributed by atoms with E-state index in [9.17, 15) is 14.7 Å². The quantitative estimate of drug-likeness (QED) is 0.523. The van der Waals surface area contributed by atoms with Gasteiger partial charge in [-0.3, -0.25) is 9.59 Å². The lowest BCUT2D eigenvalue weighted by Gasteiger charge is -2.34. The monoisotopic (exact) mass is 492 g/mol. The first-order valence-corrected chi connectivity index (χ1v) is 13.2. The number of nitrogens with one attached hydrogen (secondary N) is 1. The van der Waals surface area contributed by atoms with Crippen molar-refractivity contribution in [1.82, 2.24) is 10.2 Å². The van der Waals surface area contributed by atoms with Gasteiger partial charge in [-0.05, 0) is 61.4 Å². The summed E-state index contributed by atoms with van der Waals surface area (Å²) in [5.74, 6) is 0.562. The number of hydrogen-bond acceptors (Lipinski definition) is 6. The summed E-state index contributed by atoms with van der Waals surface area (Å²) < 4.78 is 11.4. The number of rotatable bonds is 9. The van der Waals surface area contributed by atoms with Gasteiger partial charge in [0.15, 0.2) is 5.78 Å². The Bertz CT molecular complexity index is 1090. The van der Waals surface area contributed by atoms with Crippen LogP contribution in [0.4, 0.5) is 0 Å². The molecule has 2 saturated heterocycles. The number of Topliss-reactive ketones (excluding diaryl/α,β-unsaturated/α-hetero) is 1. The highest BCUT2D eigenvalue weighted by Crippen LogP contribution is 2.30. The van der Waals surface area contributed by atoms with Crippen molar-refractivity contribution in [3.8, 4) is 5.75 Å². The summed E-state index contributed by atoms with van der Waals surface area (Å²) in [6.45, 7) is 4.28. The number of carbonyl (C=O) groups is 2. The van der Waals surface area contributed by atoms with E-state index in [1.165, 1.54) is 11.1 Å². The number of hydrogen-bond donors (Lipinski definition) is 2. The van der Waals surface area contributed by atoms with Crippen molar-refractivity contribution in [2.24, 2.45) is 0 Å². The number of carbonyl (C=O) groups excluding carboxylic acids is 2. The third-order valence-corrected chi connectivity index (χ3v) is 7.77. The van der Waals surface area contributed by atoms with Crippen LogP contribution < -0.4 is 10.1 Å². The number of aliphatic hydroxyl groups is 1. The number of ketones is 1. The maximum Gasteiger partial charge on any atom is 0.227 e. The van der Waals surface area contributed by atoms with Gasteiger partial charge in [-0.25, -0.2) is 0 Å². The second-order valence-electron chi connectivity index (χ2n) is 10.2. The average Bonchev–Trinajstić information content (AvgIpc) is 3.15. The molecule has 0 aromatic heterocycles. The van der Waals surface area contributed by atoms with E-state index in [2.05, 4.69) is 17.4 Å². The molecule has 3 heterocycles. The first-order chi connectivity index (χ1) is 17.5. The Balaban J connectivity index is 1.20. The topological polar surface area (TPSA) is 88.1 Å². The fourth-order valence-electron chi connectivity index (χ4n) is 5.85. The average molecular weight is 493 g/mol. The molecule has 2 bridgehead atoms. The van der Waals surface area contributed by atoms with Gasteiger partial charge >= 0.3 is 0 Å². The SMILES string of the molecule is CCOc1cc(CC(=O)N2C3CCC2COC3)ccc1C(=O)CC[C@@H](O)[C@@H]1Cc2ccccc2CN1. The van der Waals surface area contributed by atoms with Crippen LogP contribution in [0.3, 0.4) is 0 Å². The Kier molecular flexibility index (Phi) is 7.70. The smallest absolute Gasteiger partial charge is 0.227 e. The second-order valence-corrected chi connectivity index (χ2v) is 10.2. The highest BCUT2D eigenvalue weighted by atomic mass is 16.5. The van der Waals surface area contributed by atoms with E-state index in [4.69, 9.17) is 9.47 Å². The molecule has 7 nitrogen and oxygen atoms in total. The number of amides is 1. The molecule has 2 aromatic rings. The zero-order valence-electron chi connectivity index (χ0n) is 20.9. The summed E-state index contributed by atoms with van der Waals surface area (Å²) in [4.78, 5) is 28.2. The molecule has 0 saturated carbocycles.